The fraction of sp³-hybridized carbons (Fsp3) is 0.447. The number of aliphatic hydroxyl groups is 3. The van der Waals surface area contributed by atoms with Crippen LogP contribution in [0.1, 0.15) is 33.6 Å². The van der Waals surface area contributed by atoms with Crippen LogP contribution in [0.3, 0.4) is 0 Å². The van der Waals surface area contributed by atoms with Gasteiger partial charge in [0, 0.05) is 24.6 Å². The summed E-state index contributed by atoms with van der Waals surface area (Å²) in [6.07, 6.45) is -5.68. The predicted molar refractivity (Wildman–Crippen MR) is 197 cm³/mol. The van der Waals surface area contributed by atoms with Gasteiger partial charge in [0.1, 0.15) is 25.0 Å². The van der Waals surface area contributed by atoms with Crippen molar-refractivity contribution in [1.82, 2.24) is 14.9 Å². The van der Waals surface area contributed by atoms with Gasteiger partial charge in [0.15, 0.2) is 36.2 Å². The number of carbonyl (C=O) groups is 5. The number of nitrogens with one attached hydrogen (secondary N) is 1. The van der Waals surface area contributed by atoms with Crippen LogP contribution < -0.4 is 9.61 Å². The summed E-state index contributed by atoms with van der Waals surface area (Å²) in [5, 5.41) is 31.8. The molecule has 22 heteroatoms. The fourth-order valence-corrected chi connectivity index (χ4v) is 7.52. The average molecular weight is 872 g/mol. The molecule has 0 aliphatic carbocycles. The SMILES string of the molecule is C=C=C[C@]1(F)[C@H](N2C=CC(=O)CC2=O)O[C@](F)(CO)[C@H]1O.C=C=C[C@]1(F)[C@H](N2C=CC(=O)CC2=O)O[C@](F)(COP(=O)(N[C@@H](C)C(=O)OC(C)C)Oc2ccccc2)[C@H]1O. The van der Waals surface area contributed by atoms with Gasteiger partial charge in [-0.15, -0.1) is 11.5 Å². The average Bonchev–Trinajstić information content (AvgIpc) is 3.49. The number of ether oxygens (including phenoxy) is 3. The zero-order valence-electron chi connectivity index (χ0n) is 32.2. The van der Waals surface area contributed by atoms with Gasteiger partial charge in [-0.1, -0.05) is 31.4 Å². The molecule has 2 amide bonds. The van der Waals surface area contributed by atoms with E-state index in [1.54, 1.807) is 32.0 Å². The topological polar surface area (TPSA) is 228 Å². The molecule has 0 aromatic heterocycles. The van der Waals surface area contributed by atoms with Crippen molar-refractivity contribution in [2.45, 2.75) is 93.5 Å². The summed E-state index contributed by atoms with van der Waals surface area (Å²) >= 11 is 0. The fourth-order valence-electron chi connectivity index (χ4n) is 6.02. The van der Waals surface area contributed by atoms with Crippen molar-refractivity contribution in [2.24, 2.45) is 0 Å². The van der Waals surface area contributed by atoms with E-state index in [9.17, 15) is 47.5 Å². The number of halogens is 4. The highest BCUT2D eigenvalue weighted by Crippen LogP contribution is 2.51. The van der Waals surface area contributed by atoms with Crippen molar-refractivity contribution < 1.29 is 84.7 Å². The summed E-state index contributed by atoms with van der Waals surface area (Å²) in [5.74, 6) is -10.1. The lowest BCUT2D eigenvalue weighted by atomic mass is 9.93. The molecule has 0 saturated carbocycles. The predicted octanol–water partition coefficient (Wildman–Crippen LogP) is 2.59. The summed E-state index contributed by atoms with van der Waals surface area (Å²) in [4.78, 5) is 60.4. The maximum atomic E-state index is 16.0. The van der Waals surface area contributed by atoms with E-state index in [4.69, 9.17) is 28.4 Å². The van der Waals surface area contributed by atoms with Crippen molar-refractivity contribution in [2.75, 3.05) is 13.2 Å². The van der Waals surface area contributed by atoms with Crippen LogP contribution in [0.4, 0.5) is 17.6 Å². The normalized spacial score (nSPS) is 32.7. The molecule has 326 valence electrons. The number of allylic oxidation sites excluding steroid dienone is 2. The molecule has 17 nitrogen and oxygen atoms in total. The van der Waals surface area contributed by atoms with Crippen molar-refractivity contribution in [1.29, 1.82) is 0 Å². The van der Waals surface area contributed by atoms with E-state index >= 15 is 8.78 Å². The van der Waals surface area contributed by atoms with Gasteiger partial charge in [0.25, 0.3) is 11.7 Å². The lowest BCUT2D eigenvalue weighted by molar-refractivity contribution is -0.212. The number of amides is 2. The smallest absolute Gasteiger partial charge is 0.459 e. The molecule has 2 saturated heterocycles. The number of rotatable bonds is 14. The highest BCUT2D eigenvalue weighted by molar-refractivity contribution is 7.52. The molecule has 0 radical (unpaired) electrons. The molecule has 4 heterocycles. The van der Waals surface area contributed by atoms with E-state index in [1.165, 1.54) is 19.1 Å². The van der Waals surface area contributed by atoms with Crippen LogP contribution in [0.15, 0.2) is 91.7 Å². The molecule has 1 unspecified atom stereocenters. The molecule has 1 aromatic rings. The largest absolute Gasteiger partial charge is 0.462 e. The van der Waals surface area contributed by atoms with Gasteiger partial charge >= 0.3 is 13.7 Å². The molecule has 5 rings (SSSR count). The van der Waals surface area contributed by atoms with E-state index in [1.807, 2.05) is 0 Å². The second kappa shape index (κ2) is 18.7. The minimum Gasteiger partial charge on any atom is -0.462 e. The summed E-state index contributed by atoms with van der Waals surface area (Å²) in [5.41, 5.74) is -1.81. The van der Waals surface area contributed by atoms with Gasteiger partial charge in [0.2, 0.25) is 23.2 Å². The molecule has 0 spiro atoms. The minimum atomic E-state index is -4.63. The molecule has 0 bridgehead atoms. The Morgan fingerprint density at radius 2 is 1.37 bits per heavy atom. The first-order chi connectivity index (χ1) is 28.0. The Bertz CT molecular complexity index is 2050. The van der Waals surface area contributed by atoms with E-state index in [-0.39, 0.29) is 5.75 Å². The molecule has 4 aliphatic heterocycles. The number of para-hydroxylation sites is 1. The Balaban J connectivity index is 0.000000317. The second-order valence-corrected chi connectivity index (χ2v) is 15.6. The second-order valence-electron chi connectivity index (χ2n) is 13.9. The van der Waals surface area contributed by atoms with Gasteiger partial charge in [0.05, 0.1) is 18.9 Å². The van der Waals surface area contributed by atoms with Gasteiger partial charge in [-0.2, -0.15) is 5.09 Å². The number of alkyl halides is 4. The number of esters is 1. The van der Waals surface area contributed by atoms with Crippen LogP contribution >= 0.6 is 7.75 Å². The molecule has 60 heavy (non-hydrogen) atoms. The van der Waals surface area contributed by atoms with Gasteiger partial charge in [-0.25, -0.2) is 22.1 Å². The first-order valence-corrected chi connectivity index (χ1v) is 19.4. The lowest BCUT2D eigenvalue weighted by Crippen LogP contribution is -2.52. The summed E-state index contributed by atoms with van der Waals surface area (Å²) < 4.78 is 100. The molecule has 4 N–H and O–H groups in total. The summed E-state index contributed by atoms with van der Waals surface area (Å²) in [6, 6.07) is 6.30. The van der Waals surface area contributed by atoms with Gasteiger partial charge in [-0.05, 0) is 45.1 Å². The van der Waals surface area contributed by atoms with Crippen molar-refractivity contribution in [3.8, 4) is 5.75 Å². The first kappa shape index (κ1) is 47.6. The van der Waals surface area contributed by atoms with E-state index in [0.717, 1.165) is 24.6 Å². The maximum absolute atomic E-state index is 16.0. The molecule has 10 atom stereocenters. The van der Waals surface area contributed by atoms with Gasteiger partial charge < -0.3 is 34.1 Å². The standard InChI is InChI=1S/C25H29F2N2O9P.C13H13F2NO5/c1-5-12-24(26)22(33)25(27,37-23(24)29-13-11-18(30)14-20(29)31)15-35-39(34,38-19-9-7-6-8-10-19)28-17(4)21(32)36-16(2)3;1-2-4-12(14)10(20)13(15,7-17)21-11(12)16-5-3-8(18)6-9(16)19/h6-13,16-17,22-23,33H,1,14-15H2,2-4H3,(H,28,34);3-5,10-11,17,20H,1,6-7H2/t17-,22-,23+,24+,25+,39?;10-,11+,12+,13+/m00/s1. The zero-order valence-corrected chi connectivity index (χ0v) is 33.1. The summed E-state index contributed by atoms with van der Waals surface area (Å²) in [7, 11) is -4.63. The number of benzene rings is 1. The third-order valence-electron chi connectivity index (χ3n) is 8.92. The van der Waals surface area contributed by atoms with Gasteiger partial charge in [-0.3, -0.25) is 38.3 Å². The molecule has 2 fully saturated rings. The first-order valence-electron chi connectivity index (χ1n) is 17.9. The third kappa shape index (κ3) is 10.1. The lowest BCUT2D eigenvalue weighted by Gasteiger charge is -2.32. The summed E-state index contributed by atoms with van der Waals surface area (Å²) in [6.45, 7) is 8.18. The van der Waals surface area contributed by atoms with E-state index < -0.39 is 123 Å². The van der Waals surface area contributed by atoms with Crippen LogP contribution in [0.5, 0.6) is 5.75 Å². The Morgan fingerprint density at radius 3 is 1.80 bits per heavy atom. The number of hydrogen-bond acceptors (Lipinski definition) is 14. The van der Waals surface area contributed by atoms with Crippen LogP contribution in [0, 0.1) is 0 Å². The zero-order chi connectivity index (χ0) is 44.8. The van der Waals surface area contributed by atoms with Crippen molar-refractivity contribution in [3.63, 3.8) is 0 Å². The Hall–Kier alpha value is -5.04. The highest BCUT2D eigenvalue weighted by atomic mass is 31.2. The number of aliphatic hydroxyl groups excluding tert-OH is 3. The number of nitrogens with zero attached hydrogens (tertiary/aromatic N) is 2. The monoisotopic (exact) mass is 871 g/mol. The van der Waals surface area contributed by atoms with E-state index in [0.29, 0.717) is 22.0 Å². The molecular weight excluding hydrogens is 829 g/mol. The van der Waals surface area contributed by atoms with Crippen LogP contribution in [0.2, 0.25) is 0 Å². The van der Waals surface area contributed by atoms with Crippen LogP contribution in [-0.2, 0) is 47.3 Å². The van der Waals surface area contributed by atoms with E-state index in [2.05, 4.69) is 29.7 Å². The number of hydrogen-bond donors (Lipinski definition) is 4. The minimum absolute atomic E-state index is 0.0135. The van der Waals surface area contributed by atoms with Crippen LogP contribution in [0.25, 0.3) is 0 Å². The molecular formula is C38H42F4N3O14P. The quantitative estimate of drug-likeness (QED) is 0.0693. The Morgan fingerprint density at radius 1 is 0.900 bits per heavy atom. The number of carbonyl (C=O) groups excluding carboxylic acids is 5. The third-order valence-corrected chi connectivity index (χ3v) is 10.5. The Kier molecular flexibility index (Phi) is 14.8. The highest BCUT2D eigenvalue weighted by Gasteiger charge is 2.68. The molecule has 4 aliphatic rings. The number of ketones is 2. The van der Waals surface area contributed by atoms with Crippen molar-refractivity contribution in [3.05, 3.63) is 91.7 Å². The molecule has 1 aromatic carbocycles. The maximum Gasteiger partial charge on any atom is 0.459 e. The van der Waals surface area contributed by atoms with Crippen LogP contribution in [-0.4, -0.2) is 128 Å². The van der Waals surface area contributed by atoms with Crippen molar-refractivity contribution >= 4 is 37.1 Å². The Labute approximate surface area is 340 Å².